The van der Waals surface area contributed by atoms with Crippen LogP contribution in [0.5, 0.6) is 0 Å². The molecule has 0 spiro atoms. The number of rotatable bonds is 3. The van der Waals surface area contributed by atoms with Crippen molar-refractivity contribution in [1.82, 2.24) is 14.9 Å². The number of aromatic nitrogens is 2. The van der Waals surface area contributed by atoms with E-state index in [1.165, 1.54) is 25.7 Å². The van der Waals surface area contributed by atoms with E-state index in [9.17, 15) is 9.90 Å². The van der Waals surface area contributed by atoms with Crippen LogP contribution in [-0.2, 0) is 0 Å². The Morgan fingerprint density at radius 2 is 1.97 bits per heavy atom. The summed E-state index contributed by atoms with van der Waals surface area (Å²) in [7, 11) is 0. The Kier molecular flexibility index (Phi) is 4.52. The summed E-state index contributed by atoms with van der Waals surface area (Å²) in [5.41, 5.74) is 5.97. The number of carboxylic acid groups (broad SMARTS) is 1. The van der Waals surface area contributed by atoms with Gasteiger partial charge in [0, 0.05) is 49.6 Å². The number of anilines is 3. The highest BCUT2D eigenvalue weighted by Gasteiger charge is 2.53. The van der Waals surface area contributed by atoms with E-state index in [4.69, 9.17) is 5.73 Å². The largest absolute Gasteiger partial charge is 0.465 e. The van der Waals surface area contributed by atoms with Crippen molar-refractivity contribution in [3.63, 3.8) is 0 Å². The van der Waals surface area contributed by atoms with Crippen LogP contribution < -0.4 is 16.0 Å². The van der Waals surface area contributed by atoms with Crippen LogP contribution in [0.25, 0.3) is 0 Å². The van der Waals surface area contributed by atoms with E-state index in [2.05, 4.69) is 41.0 Å². The summed E-state index contributed by atoms with van der Waals surface area (Å²) in [6, 6.07) is 2.54. The maximum atomic E-state index is 11.8. The van der Waals surface area contributed by atoms with Crippen molar-refractivity contribution in [3.05, 3.63) is 6.07 Å². The number of nitrogens with one attached hydrogen (secondary N) is 1. The normalized spacial score (nSPS) is 35.2. The van der Waals surface area contributed by atoms with E-state index in [-0.39, 0.29) is 11.5 Å². The third kappa shape index (κ3) is 3.34. The number of amides is 1. The van der Waals surface area contributed by atoms with Crippen LogP contribution in [0, 0.1) is 29.1 Å². The molecule has 4 N–H and O–H groups in total. The number of nitrogens with zero attached hydrogens (tertiary/aromatic N) is 4. The van der Waals surface area contributed by atoms with E-state index in [0.717, 1.165) is 36.6 Å². The van der Waals surface area contributed by atoms with Crippen LogP contribution in [0.3, 0.4) is 0 Å². The minimum absolute atomic E-state index is 0.0100. The van der Waals surface area contributed by atoms with Crippen LogP contribution in [0.1, 0.15) is 46.5 Å². The number of hydrogen-bond acceptors (Lipinski definition) is 6. The average molecular weight is 415 g/mol. The zero-order chi connectivity index (χ0) is 21.2. The summed E-state index contributed by atoms with van der Waals surface area (Å²) in [5.74, 6) is 4.24. The van der Waals surface area contributed by atoms with Gasteiger partial charge in [0.25, 0.3) is 0 Å². The number of hydrogen-bond donors (Lipinski definition) is 3. The van der Waals surface area contributed by atoms with E-state index < -0.39 is 6.09 Å². The molecule has 4 fully saturated rings. The molecular weight excluding hydrogens is 380 g/mol. The highest BCUT2D eigenvalue weighted by Crippen LogP contribution is 2.46. The van der Waals surface area contributed by atoms with E-state index >= 15 is 0 Å². The first kappa shape index (κ1) is 19.7. The van der Waals surface area contributed by atoms with Gasteiger partial charge >= 0.3 is 6.09 Å². The molecule has 0 radical (unpaired) electrons. The van der Waals surface area contributed by atoms with Gasteiger partial charge in [0.15, 0.2) is 0 Å². The predicted octanol–water partition coefficient (Wildman–Crippen LogP) is 3.12. The third-order valence-electron chi connectivity index (χ3n) is 7.92. The Labute approximate surface area is 178 Å². The first-order chi connectivity index (χ1) is 14.2. The Morgan fingerprint density at radius 3 is 2.60 bits per heavy atom. The second-order valence-corrected chi connectivity index (χ2v) is 11.0. The van der Waals surface area contributed by atoms with Crippen LogP contribution in [0.4, 0.5) is 22.4 Å². The fourth-order valence-electron chi connectivity index (χ4n) is 6.84. The Balaban J connectivity index is 1.33. The molecule has 2 aliphatic heterocycles. The van der Waals surface area contributed by atoms with Crippen molar-refractivity contribution in [2.75, 3.05) is 35.6 Å². The molecule has 2 bridgehead atoms. The molecule has 6 atom stereocenters. The summed E-state index contributed by atoms with van der Waals surface area (Å²) < 4.78 is 0. The summed E-state index contributed by atoms with van der Waals surface area (Å²) in [6.07, 6.45) is 4.46. The van der Waals surface area contributed by atoms with Gasteiger partial charge in [0.05, 0.1) is 0 Å². The first-order valence-electron chi connectivity index (χ1n) is 11.3. The monoisotopic (exact) mass is 414 g/mol. The van der Waals surface area contributed by atoms with E-state index in [0.29, 0.717) is 30.4 Å². The lowest BCUT2D eigenvalue weighted by molar-refractivity contribution is 0.0926. The topological polar surface area (TPSA) is 108 Å². The van der Waals surface area contributed by atoms with Crippen LogP contribution in [0.15, 0.2) is 6.07 Å². The van der Waals surface area contributed by atoms with Gasteiger partial charge in [-0.3, -0.25) is 0 Å². The molecule has 30 heavy (non-hydrogen) atoms. The number of likely N-dealkylation sites (tertiary alicyclic amines) is 1. The molecule has 3 heterocycles. The van der Waals surface area contributed by atoms with Crippen molar-refractivity contribution in [2.45, 2.75) is 58.5 Å². The molecule has 8 heteroatoms. The lowest BCUT2D eigenvalue weighted by Crippen LogP contribution is -2.47. The van der Waals surface area contributed by atoms with Gasteiger partial charge in [-0.2, -0.15) is 9.97 Å². The van der Waals surface area contributed by atoms with Crippen LogP contribution in [-0.4, -0.2) is 57.8 Å². The second kappa shape index (κ2) is 6.89. The summed E-state index contributed by atoms with van der Waals surface area (Å²) in [4.78, 5) is 24.7. The van der Waals surface area contributed by atoms with Crippen LogP contribution >= 0.6 is 0 Å². The van der Waals surface area contributed by atoms with Crippen molar-refractivity contribution < 1.29 is 9.90 Å². The zero-order valence-corrected chi connectivity index (χ0v) is 18.2. The fourth-order valence-corrected chi connectivity index (χ4v) is 6.84. The molecule has 1 amide bonds. The summed E-state index contributed by atoms with van der Waals surface area (Å²) in [6.45, 7) is 8.62. The molecule has 1 aromatic rings. The zero-order valence-electron chi connectivity index (χ0n) is 18.2. The number of fused-ring (bicyclic) bond motifs is 3. The van der Waals surface area contributed by atoms with Gasteiger partial charge in [0.2, 0.25) is 5.95 Å². The Hall–Kier alpha value is -2.25. The van der Waals surface area contributed by atoms with Gasteiger partial charge in [0.1, 0.15) is 11.6 Å². The van der Waals surface area contributed by atoms with E-state index in [1.807, 2.05) is 6.07 Å². The number of nitrogens with two attached hydrogens (primary N) is 1. The maximum absolute atomic E-state index is 11.8. The molecule has 8 nitrogen and oxygen atoms in total. The van der Waals surface area contributed by atoms with Crippen molar-refractivity contribution >= 4 is 23.7 Å². The number of carbonyl (C=O) groups is 1. The van der Waals surface area contributed by atoms with Gasteiger partial charge in [-0.15, -0.1) is 0 Å². The van der Waals surface area contributed by atoms with Crippen molar-refractivity contribution in [1.29, 1.82) is 0 Å². The maximum Gasteiger partial charge on any atom is 0.407 e. The SMILES string of the molecule is CC(C)(C)C1[C@@H]2CN(c3cc(N[C@@H]4C[C@H]5CC[C@@H]4C5)nc(N)n3)C[C@@H]2CN1C(=O)O. The molecule has 4 aliphatic rings. The molecule has 2 aliphatic carbocycles. The highest BCUT2D eigenvalue weighted by atomic mass is 16.4. The van der Waals surface area contributed by atoms with Crippen molar-refractivity contribution in [2.24, 2.45) is 29.1 Å². The standard InChI is InChI=1S/C22H34N6O2/c1-22(2,3)19-15-11-27(9-14(15)10-28(19)21(29)30)18-8-17(25-20(23)26-18)24-16-7-12-4-5-13(16)6-12/h8,12-16,19H,4-7,9-11H2,1-3H3,(H,29,30)(H3,23,24,25,26)/t12-,13+,14+,15+,16+,19?/m0/s1. The predicted molar refractivity (Wildman–Crippen MR) is 116 cm³/mol. The lowest BCUT2D eigenvalue weighted by Gasteiger charge is -2.37. The minimum atomic E-state index is -0.806. The first-order valence-corrected chi connectivity index (χ1v) is 11.3. The Bertz CT molecular complexity index is 839. The Morgan fingerprint density at radius 1 is 1.17 bits per heavy atom. The highest BCUT2D eigenvalue weighted by molar-refractivity contribution is 5.66. The average Bonchev–Trinajstić information content (AvgIpc) is 3.39. The molecule has 2 saturated carbocycles. The van der Waals surface area contributed by atoms with Gasteiger partial charge < -0.3 is 26.0 Å². The van der Waals surface area contributed by atoms with Gasteiger partial charge in [-0.25, -0.2) is 4.79 Å². The van der Waals surface area contributed by atoms with Crippen LogP contribution in [0.2, 0.25) is 0 Å². The lowest BCUT2D eigenvalue weighted by atomic mass is 9.78. The van der Waals surface area contributed by atoms with Gasteiger partial charge in [-0.05, 0) is 36.5 Å². The quantitative estimate of drug-likeness (QED) is 0.697. The molecule has 1 unspecified atom stereocenters. The molecule has 164 valence electrons. The van der Waals surface area contributed by atoms with E-state index in [1.54, 1.807) is 4.90 Å². The molecule has 5 rings (SSSR count). The van der Waals surface area contributed by atoms with Gasteiger partial charge in [-0.1, -0.05) is 27.2 Å². The van der Waals surface area contributed by atoms with Crippen molar-refractivity contribution in [3.8, 4) is 0 Å². The summed E-state index contributed by atoms with van der Waals surface area (Å²) in [5, 5.41) is 13.3. The fraction of sp³-hybridized carbons (Fsp3) is 0.773. The number of nitrogen functional groups attached to an aromatic ring is 1. The summed E-state index contributed by atoms with van der Waals surface area (Å²) >= 11 is 0. The molecule has 2 saturated heterocycles. The molecule has 1 aromatic heterocycles. The molecular formula is C22H34N6O2. The second-order valence-electron chi connectivity index (χ2n) is 11.0. The molecule has 0 aromatic carbocycles. The smallest absolute Gasteiger partial charge is 0.407 e. The minimum Gasteiger partial charge on any atom is -0.465 e. The third-order valence-corrected chi connectivity index (χ3v) is 7.92.